The van der Waals surface area contributed by atoms with Crippen molar-refractivity contribution in [1.29, 1.82) is 0 Å². The first kappa shape index (κ1) is 18.9. The predicted molar refractivity (Wildman–Crippen MR) is 116 cm³/mol. The van der Waals surface area contributed by atoms with Gasteiger partial charge in [-0.05, 0) is 43.3 Å². The van der Waals surface area contributed by atoms with Gasteiger partial charge in [-0.3, -0.25) is 0 Å². The Hall–Kier alpha value is -3.45. The van der Waals surface area contributed by atoms with Crippen LogP contribution in [0.5, 0.6) is 0 Å². The van der Waals surface area contributed by atoms with E-state index in [1.165, 1.54) is 0 Å². The van der Waals surface area contributed by atoms with E-state index >= 15 is 0 Å². The Morgan fingerprint density at radius 1 is 1.07 bits per heavy atom. The molecule has 0 radical (unpaired) electrons. The molecule has 0 saturated carbocycles. The summed E-state index contributed by atoms with van der Waals surface area (Å²) in [7, 11) is 3.73. The minimum Gasteiger partial charge on any atom is -0.461 e. The minimum absolute atomic E-state index is 0.140. The molecule has 2 heterocycles. The summed E-state index contributed by atoms with van der Waals surface area (Å²) in [4.78, 5) is 12.3. The van der Waals surface area contributed by atoms with Crippen LogP contribution in [0, 0.1) is 0 Å². The van der Waals surface area contributed by atoms with E-state index in [0.29, 0.717) is 23.7 Å². The van der Waals surface area contributed by atoms with Gasteiger partial charge in [0, 0.05) is 58.4 Å². The topological polar surface area (TPSA) is 108 Å². The maximum absolute atomic E-state index is 12.3. The SMILES string of the molecule is CCOC(=O)c1cc2cc(N)c(-c3c(CO)n(C)c4ccc(N)cc34)cc2n1C. The van der Waals surface area contributed by atoms with Crippen LogP contribution in [0.4, 0.5) is 11.4 Å². The lowest BCUT2D eigenvalue weighted by Crippen LogP contribution is -2.09. The molecule has 0 saturated heterocycles. The largest absolute Gasteiger partial charge is 0.461 e. The number of aromatic nitrogens is 2. The molecular weight excluding hydrogens is 368 g/mol. The molecule has 0 aliphatic rings. The van der Waals surface area contributed by atoms with Crippen molar-refractivity contribution in [3.05, 3.63) is 47.8 Å². The van der Waals surface area contributed by atoms with Gasteiger partial charge in [-0.25, -0.2) is 4.79 Å². The summed E-state index contributed by atoms with van der Waals surface area (Å²) in [5.41, 5.74) is 18.3. The van der Waals surface area contributed by atoms with Crippen molar-refractivity contribution in [2.24, 2.45) is 14.1 Å². The highest BCUT2D eigenvalue weighted by atomic mass is 16.5. The van der Waals surface area contributed by atoms with Crippen LogP contribution in [-0.2, 0) is 25.4 Å². The number of carbonyl (C=O) groups excluding carboxylic acids is 1. The number of nitrogen functional groups attached to an aromatic ring is 2. The molecule has 0 aliphatic carbocycles. The zero-order valence-electron chi connectivity index (χ0n) is 16.7. The summed E-state index contributed by atoms with van der Waals surface area (Å²) < 4.78 is 8.90. The summed E-state index contributed by atoms with van der Waals surface area (Å²) in [6, 6.07) is 11.2. The number of nitrogens with two attached hydrogens (primary N) is 2. The Labute approximate surface area is 168 Å². The van der Waals surface area contributed by atoms with Gasteiger partial charge < -0.3 is 30.4 Å². The van der Waals surface area contributed by atoms with Gasteiger partial charge in [-0.1, -0.05) is 0 Å². The third-order valence-electron chi connectivity index (χ3n) is 5.46. The Balaban J connectivity index is 2.02. The zero-order chi connectivity index (χ0) is 20.9. The molecule has 2 aromatic heterocycles. The van der Waals surface area contributed by atoms with Crippen LogP contribution in [0.3, 0.4) is 0 Å². The molecule has 2 aromatic carbocycles. The van der Waals surface area contributed by atoms with E-state index in [4.69, 9.17) is 16.2 Å². The number of fused-ring (bicyclic) bond motifs is 2. The molecule has 0 unspecified atom stereocenters. The highest BCUT2D eigenvalue weighted by Gasteiger charge is 2.21. The van der Waals surface area contributed by atoms with Crippen molar-refractivity contribution in [2.75, 3.05) is 18.1 Å². The van der Waals surface area contributed by atoms with Crippen LogP contribution in [-0.4, -0.2) is 26.8 Å². The molecule has 0 fully saturated rings. The van der Waals surface area contributed by atoms with Gasteiger partial charge in [-0.2, -0.15) is 0 Å². The molecule has 4 aromatic rings. The molecule has 0 amide bonds. The van der Waals surface area contributed by atoms with E-state index in [0.717, 1.165) is 38.6 Å². The summed E-state index contributed by atoms with van der Waals surface area (Å²) in [5, 5.41) is 11.8. The van der Waals surface area contributed by atoms with Crippen molar-refractivity contribution >= 4 is 39.1 Å². The van der Waals surface area contributed by atoms with Crippen LogP contribution in [0.15, 0.2) is 36.4 Å². The van der Waals surface area contributed by atoms with Crippen molar-refractivity contribution < 1.29 is 14.6 Å². The number of hydrogen-bond acceptors (Lipinski definition) is 5. The van der Waals surface area contributed by atoms with Crippen LogP contribution >= 0.6 is 0 Å². The smallest absolute Gasteiger partial charge is 0.354 e. The second kappa shape index (κ2) is 6.86. The van der Waals surface area contributed by atoms with Crippen molar-refractivity contribution in [2.45, 2.75) is 13.5 Å². The van der Waals surface area contributed by atoms with Crippen LogP contribution in [0.2, 0.25) is 0 Å². The summed E-state index contributed by atoms with van der Waals surface area (Å²) >= 11 is 0. The molecule has 7 nitrogen and oxygen atoms in total. The van der Waals surface area contributed by atoms with Gasteiger partial charge in [0.05, 0.1) is 18.9 Å². The Kier molecular flexibility index (Phi) is 4.47. The van der Waals surface area contributed by atoms with Gasteiger partial charge >= 0.3 is 5.97 Å². The first-order chi connectivity index (χ1) is 13.9. The van der Waals surface area contributed by atoms with E-state index in [9.17, 15) is 9.90 Å². The predicted octanol–water partition coefficient (Wildman–Crippen LogP) is 3.17. The monoisotopic (exact) mass is 392 g/mol. The average molecular weight is 392 g/mol. The fourth-order valence-electron chi connectivity index (χ4n) is 4.02. The highest BCUT2D eigenvalue weighted by molar-refractivity contribution is 6.06. The number of hydrogen-bond donors (Lipinski definition) is 3. The Morgan fingerprint density at radius 3 is 2.52 bits per heavy atom. The van der Waals surface area contributed by atoms with Gasteiger partial charge in [0.1, 0.15) is 5.69 Å². The molecule has 0 spiro atoms. The second-order valence-electron chi connectivity index (χ2n) is 7.12. The molecule has 7 heteroatoms. The van der Waals surface area contributed by atoms with Crippen molar-refractivity contribution in [1.82, 2.24) is 9.13 Å². The quantitative estimate of drug-likeness (QED) is 0.365. The number of nitrogens with zero attached hydrogens (tertiary/aromatic N) is 2. The van der Waals surface area contributed by atoms with Crippen LogP contribution < -0.4 is 11.5 Å². The van der Waals surface area contributed by atoms with E-state index in [1.54, 1.807) is 17.6 Å². The van der Waals surface area contributed by atoms with Crippen LogP contribution in [0.1, 0.15) is 23.1 Å². The van der Waals surface area contributed by atoms with E-state index in [-0.39, 0.29) is 12.6 Å². The number of aliphatic hydroxyl groups is 1. The van der Waals surface area contributed by atoms with E-state index in [2.05, 4.69) is 0 Å². The molecule has 150 valence electrons. The molecule has 4 rings (SSSR count). The zero-order valence-corrected chi connectivity index (χ0v) is 16.7. The van der Waals surface area contributed by atoms with Crippen molar-refractivity contribution in [3.8, 4) is 11.1 Å². The molecule has 0 atom stereocenters. The number of rotatable bonds is 4. The molecule has 29 heavy (non-hydrogen) atoms. The lowest BCUT2D eigenvalue weighted by atomic mass is 9.98. The van der Waals surface area contributed by atoms with Crippen LogP contribution in [0.25, 0.3) is 32.9 Å². The molecule has 0 aliphatic heterocycles. The summed E-state index contributed by atoms with van der Waals surface area (Å²) in [6.07, 6.45) is 0. The van der Waals surface area contributed by atoms with Gasteiger partial charge in [0.15, 0.2) is 0 Å². The average Bonchev–Trinajstić information content (AvgIpc) is 3.15. The normalized spacial score (nSPS) is 11.4. The molecular formula is C22H24N4O3. The number of benzene rings is 2. The van der Waals surface area contributed by atoms with E-state index < -0.39 is 0 Å². The Morgan fingerprint density at radius 2 is 1.83 bits per heavy atom. The summed E-state index contributed by atoms with van der Waals surface area (Å²) in [5.74, 6) is -0.375. The number of aliphatic hydroxyl groups excluding tert-OH is 1. The number of carbonyl (C=O) groups is 1. The van der Waals surface area contributed by atoms with Gasteiger partial charge in [0.25, 0.3) is 0 Å². The highest BCUT2D eigenvalue weighted by Crippen LogP contribution is 2.40. The van der Waals surface area contributed by atoms with Gasteiger partial charge in [0.2, 0.25) is 0 Å². The number of anilines is 2. The van der Waals surface area contributed by atoms with Gasteiger partial charge in [-0.15, -0.1) is 0 Å². The first-order valence-corrected chi connectivity index (χ1v) is 9.41. The minimum atomic E-state index is -0.375. The summed E-state index contributed by atoms with van der Waals surface area (Å²) in [6.45, 7) is 1.95. The number of esters is 1. The lowest BCUT2D eigenvalue weighted by Gasteiger charge is -2.10. The molecule has 0 bridgehead atoms. The maximum Gasteiger partial charge on any atom is 0.354 e. The Bertz CT molecular complexity index is 1270. The molecule has 5 N–H and O–H groups in total. The second-order valence-corrected chi connectivity index (χ2v) is 7.12. The standard InChI is InChI=1S/C22H24N4O3/c1-4-29-22(28)19-8-12-7-16(24)14(10-18(12)26(19)3)21-15-9-13(23)5-6-17(15)25(2)20(21)11-27/h5-10,27H,4,11,23-24H2,1-3H3. The third kappa shape index (κ3) is 2.82. The fraction of sp³-hybridized carbons (Fsp3) is 0.227. The third-order valence-corrected chi connectivity index (χ3v) is 5.46. The maximum atomic E-state index is 12.3. The number of aryl methyl sites for hydroxylation is 2. The fourth-order valence-corrected chi connectivity index (χ4v) is 4.02. The number of ether oxygens (including phenoxy) is 1. The van der Waals surface area contributed by atoms with E-state index in [1.807, 2.05) is 49.0 Å². The first-order valence-electron chi connectivity index (χ1n) is 9.41. The van der Waals surface area contributed by atoms with Crippen molar-refractivity contribution in [3.63, 3.8) is 0 Å². The lowest BCUT2D eigenvalue weighted by molar-refractivity contribution is 0.0516.